The van der Waals surface area contributed by atoms with Gasteiger partial charge in [0.05, 0.1) is 18.2 Å². The second-order valence-corrected chi connectivity index (χ2v) is 3.49. The van der Waals surface area contributed by atoms with Crippen molar-refractivity contribution in [1.29, 1.82) is 0 Å². The third-order valence-corrected chi connectivity index (χ3v) is 2.89. The van der Waals surface area contributed by atoms with Crippen LogP contribution in [0.3, 0.4) is 0 Å². The first-order valence-corrected chi connectivity index (χ1v) is 4.45. The molecule has 2 saturated heterocycles. The van der Waals surface area contributed by atoms with E-state index in [-0.39, 0.29) is 11.6 Å². The van der Waals surface area contributed by atoms with E-state index in [4.69, 9.17) is 0 Å². The summed E-state index contributed by atoms with van der Waals surface area (Å²) in [6.07, 6.45) is 2.98. The average molecular weight is 168 g/mol. The molecule has 4 nitrogen and oxygen atoms in total. The molecule has 1 spiro atoms. The van der Waals surface area contributed by atoms with Crippen LogP contribution in [0.25, 0.3) is 0 Å². The lowest BCUT2D eigenvalue weighted by Gasteiger charge is -2.35. The Labute approximate surface area is 72.1 Å². The van der Waals surface area contributed by atoms with Gasteiger partial charge in [-0.05, 0) is 25.9 Å². The van der Waals surface area contributed by atoms with Crippen LogP contribution in [0, 0.1) is 0 Å². The highest BCUT2D eigenvalue weighted by Crippen LogP contribution is 2.25. The molecule has 0 aromatic carbocycles. The average Bonchev–Trinajstić information content (AvgIpc) is 2.49. The summed E-state index contributed by atoms with van der Waals surface area (Å²) < 4.78 is 0. The van der Waals surface area contributed by atoms with Gasteiger partial charge in [0.25, 0.3) is 0 Å². The SMILES string of the molecule is O=CC1NC[N]C12CCNCC2. The molecule has 12 heavy (non-hydrogen) atoms. The van der Waals surface area contributed by atoms with Crippen molar-refractivity contribution in [3.05, 3.63) is 0 Å². The van der Waals surface area contributed by atoms with Gasteiger partial charge in [0, 0.05) is 0 Å². The first kappa shape index (κ1) is 8.16. The van der Waals surface area contributed by atoms with Crippen molar-refractivity contribution in [3.8, 4) is 0 Å². The fourth-order valence-corrected chi connectivity index (χ4v) is 2.09. The topological polar surface area (TPSA) is 55.2 Å². The highest BCUT2D eigenvalue weighted by Gasteiger charge is 2.44. The maximum Gasteiger partial charge on any atom is 0.138 e. The largest absolute Gasteiger partial charge is 0.317 e. The molecule has 2 aliphatic heterocycles. The number of nitrogens with one attached hydrogen (secondary N) is 2. The van der Waals surface area contributed by atoms with Crippen LogP contribution in [0.4, 0.5) is 0 Å². The molecule has 1 unspecified atom stereocenters. The summed E-state index contributed by atoms with van der Waals surface area (Å²) in [5, 5.41) is 10.9. The summed E-state index contributed by atoms with van der Waals surface area (Å²) in [7, 11) is 0. The number of hydrogen-bond donors (Lipinski definition) is 2. The summed E-state index contributed by atoms with van der Waals surface area (Å²) in [6.45, 7) is 2.61. The van der Waals surface area contributed by atoms with Crippen LogP contribution in [-0.2, 0) is 4.79 Å². The standard InChI is InChI=1S/C8H14N3O/c12-5-7-8(11-6-10-7)1-3-9-4-2-8/h5,7,9-10H,1-4,6H2. The third kappa shape index (κ3) is 1.16. The van der Waals surface area contributed by atoms with E-state index in [1.54, 1.807) is 0 Å². The molecule has 0 aliphatic carbocycles. The van der Waals surface area contributed by atoms with E-state index < -0.39 is 0 Å². The van der Waals surface area contributed by atoms with E-state index in [0.29, 0.717) is 6.67 Å². The molecule has 1 radical (unpaired) electrons. The molecule has 2 heterocycles. The number of carbonyl (C=O) groups is 1. The summed E-state index contributed by atoms with van der Waals surface area (Å²) in [4.78, 5) is 10.7. The van der Waals surface area contributed by atoms with Crippen LogP contribution in [-0.4, -0.2) is 37.6 Å². The van der Waals surface area contributed by atoms with Gasteiger partial charge < -0.3 is 10.1 Å². The number of carbonyl (C=O) groups excluding carboxylic acids is 1. The van der Waals surface area contributed by atoms with Crippen molar-refractivity contribution in [3.63, 3.8) is 0 Å². The zero-order valence-corrected chi connectivity index (χ0v) is 7.05. The minimum absolute atomic E-state index is 0.0420. The molecule has 2 rings (SSSR count). The molecule has 0 bridgehead atoms. The molecule has 0 aromatic rings. The number of nitrogens with zero attached hydrogens (tertiary/aromatic N) is 1. The summed E-state index contributed by atoms with van der Waals surface area (Å²) in [5.74, 6) is 0. The maximum atomic E-state index is 10.7. The van der Waals surface area contributed by atoms with Crippen LogP contribution in [0.5, 0.6) is 0 Å². The second kappa shape index (κ2) is 3.12. The van der Waals surface area contributed by atoms with Gasteiger partial charge >= 0.3 is 0 Å². The van der Waals surface area contributed by atoms with Crippen LogP contribution >= 0.6 is 0 Å². The Balaban J connectivity index is 2.10. The van der Waals surface area contributed by atoms with Crippen LogP contribution in [0.15, 0.2) is 0 Å². The van der Waals surface area contributed by atoms with Gasteiger partial charge in [-0.2, -0.15) is 0 Å². The Morgan fingerprint density at radius 3 is 2.83 bits per heavy atom. The minimum Gasteiger partial charge on any atom is -0.317 e. The molecule has 2 fully saturated rings. The van der Waals surface area contributed by atoms with E-state index in [9.17, 15) is 4.79 Å². The van der Waals surface area contributed by atoms with E-state index >= 15 is 0 Å². The minimum atomic E-state index is -0.0764. The van der Waals surface area contributed by atoms with Gasteiger partial charge in [-0.15, -0.1) is 0 Å². The van der Waals surface area contributed by atoms with E-state index in [0.717, 1.165) is 32.2 Å². The van der Waals surface area contributed by atoms with Gasteiger partial charge in [-0.25, -0.2) is 5.32 Å². The maximum absolute atomic E-state index is 10.7. The van der Waals surface area contributed by atoms with Crippen molar-refractivity contribution < 1.29 is 4.79 Å². The quantitative estimate of drug-likeness (QED) is 0.486. The molecule has 0 amide bonds. The zero-order valence-electron chi connectivity index (χ0n) is 7.05. The lowest BCUT2D eigenvalue weighted by Crippen LogP contribution is -2.53. The smallest absolute Gasteiger partial charge is 0.138 e. The van der Waals surface area contributed by atoms with Gasteiger partial charge in [0.2, 0.25) is 0 Å². The molecule has 67 valence electrons. The van der Waals surface area contributed by atoms with E-state index in [1.165, 1.54) is 0 Å². The Morgan fingerprint density at radius 2 is 2.17 bits per heavy atom. The summed E-state index contributed by atoms with van der Waals surface area (Å²) >= 11 is 0. The number of aldehydes is 1. The number of piperidine rings is 1. The lowest BCUT2D eigenvalue weighted by atomic mass is 9.83. The molecule has 0 aromatic heterocycles. The highest BCUT2D eigenvalue weighted by molar-refractivity contribution is 5.61. The predicted molar refractivity (Wildman–Crippen MR) is 44.8 cm³/mol. The third-order valence-electron chi connectivity index (χ3n) is 2.89. The fraction of sp³-hybridized carbons (Fsp3) is 0.875. The Bertz CT molecular complexity index is 177. The van der Waals surface area contributed by atoms with Crippen molar-refractivity contribution in [1.82, 2.24) is 16.0 Å². The normalized spacial score (nSPS) is 33.8. The first-order valence-electron chi connectivity index (χ1n) is 4.45. The van der Waals surface area contributed by atoms with Crippen LogP contribution in [0.2, 0.25) is 0 Å². The number of rotatable bonds is 1. The van der Waals surface area contributed by atoms with Gasteiger partial charge in [0.15, 0.2) is 0 Å². The lowest BCUT2D eigenvalue weighted by molar-refractivity contribution is -0.110. The van der Waals surface area contributed by atoms with Crippen LogP contribution < -0.4 is 16.0 Å². The highest BCUT2D eigenvalue weighted by atomic mass is 16.1. The van der Waals surface area contributed by atoms with Crippen molar-refractivity contribution in [2.75, 3.05) is 19.8 Å². The van der Waals surface area contributed by atoms with Crippen molar-refractivity contribution >= 4 is 6.29 Å². The Kier molecular flexibility index (Phi) is 2.12. The van der Waals surface area contributed by atoms with Gasteiger partial charge in [-0.1, -0.05) is 0 Å². The van der Waals surface area contributed by atoms with E-state index in [1.807, 2.05) is 0 Å². The monoisotopic (exact) mass is 168 g/mol. The van der Waals surface area contributed by atoms with Crippen LogP contribution in [0.1, 0.15) is 12.8 Å². The Morgan fingerprint density at radius 1 is 1.42 bits per heavy atom. The molecular formula is C8H14N3O. The van der Waals surface area contributed by atoms with Gasteiger partial charge in [-0.3, -0.25) is 5.32 Å². The molecule has 2 aliphatic rings. The first-order chi connectivity index (χ1) is 5.87. The molecular weight excluding hydrogens is 154 g/mol. The molecule has 2 N–H and O–H groups in total. The van der Waals surface area contributed by atoms with Crippen molar-refractivity contribution in [2.24, 2.45) is 0 Å². The predicted octanol–water partition coefficient (Wildman–Crippen LogP) is -1.16. The summed E-state index contributed by atoms with van der Waals surface area (Å²) in [6, 6.07) is -0.0420. The fourth-order valence-electron chi connectivity index (χ4n) is 2.09. The van der Waals surface area contributed by atoms with E-state index in [2.05, 4.69) is 16.0 Å². The zero-order chi connectivity index (χ0) is 8.44. The van der Waals surface area contributed by atoms with Gasteiger partial charge in [0.1, 0.15) is 6.29 Å². The Hall–Kier alpha value is -0.450. The summed E-state index contributed by atoms with van der Waals surface area (Å²) in [5.41, 5.74) is -0.0764. The molecule has 1 atom stereocenters. The number of hydrogen-bond acceptors (Lipinski definition) is 3. The molecule has 4 heteroatoms. The molecule has 0 saturated carbocycles. The second-order valence-electron chi connectivity index (χ2n) is 3.49. The van der Waals surface area contributed by atoms with Crippen molar-refractivity contribution in [2.45, 2.75) is 24.4 Å².